The van der Waals surface area contributed by atoms with E-state index >= 15 is 0 Å². The van der Waals surface area contributed by atoms with Crippen molar-refractivity contribution in [3.63, 3.8) is 0 Å². The van der Waals surface area contributed by atoms with Gasteiger partial charge in [-0.3, -0.25) is 29.0 Å². The van der Waals surface area contributed by atoms with Gasteiger partial charge in [0, 0.05) is 43.7 Å². The number of hydrogen-bond acceptors (Lipinski definition) is 8. The van der Waals surface area contributed by atoms with Gasteiger partial charge in [0.15, 0.2) is 5.75 Å². The summed E-state index contributed by atoms with van der Waals surface area (Å²) in [7, 11) is 0. The summed E-state index contributed by atoms with van der Waals surface area (Å²) in [4.78, 5) is 60.2. The van der Waals surface area contributed by atoms with E-state index in [0.717, 1.165) is 25.7 Å². The molecule has 5 rings (SSSR count). The van der Waals surface area contributed by atoms with E-state index < -0.39 is 17.8 Å². The van der Waals surface area contributed by atoms with E-state index in [9.17, 15) is 24.3 Å². The van der Waals surface area contributed by atoms with Gasteiger partial charge in [0.1, 0.15) is 0 Å². The molecule has 242 valence electrons. The lowest BCUT2D eigenvalue weighted by Gasteiger charge is -2.41. The summed E-state index contributed by atoms with van der Waals surface area (Å²) in [5, 5.41) is 10.3. The average molecular weight is 640 g/mol. The molecule has 2 heterocycles. The number of piperazine rings is 2. The minimum atomic E-state index is -0.819. The van der Waals surface area contributed by atoms with Crippen LogP contribution in [0.3, 0.4) is 0 Å². The smallest absolute Gasteiger partial charge is 0.317 e. The molecule has 0 unspecified atom stereocenters. The highest BCUT2D eigenvalue weighted by Crippen LogP contribution is 2.41. The first kappa shape index (κ1) is 32.7. The van der Waals surface area contributed by atoms with Gasteiger partial charge in [-0.05, 0) is 67.9 Å². The highest BCUT2D eigenvalue weighted by Gasteiger charge is 2.39. The Bertz CT molecular complexity index is 1470. The first-order valence-electron chi connectivity index (χ1n) is 15.6. The maximum Gasteiger partial charge on any atom is 0.317 e. The fourth-order valence-corrected chi connectivity index (χ4v) is 6.38. The van der Waals surface area contributed by atoms with Crippen LogP contribution < -0.4 is 25.2 Å². The van der Waals surface area contributed by atoms with Crippen LogP contribution in [0, 0.1) is 5.41 Å². The number of amides is 3. The molecule has 3 fully saturated rings. The maximum absolute atomic E-state index is 13.6. The highest BCUT2D eigenvalue weighted by molar-refractivity contribution is 6.46. The van der Waals surface area contributed by atoms with E-state index in [4.69, 9.17) is 22.1 Å². The molecule has 0 aromatic heterocycles. The Morgan fingerprint density at radius 1 is 0.911 bits per heavy atom. The number of anilines is 4. The zero-order chi connectivity index (χ0) is 32.5. The molecular formula is C33H42ClN5O6. The molecule has 1 aliphatic carbocycles. The van der Waals surface area contributed by atoms with Gasteiger partial charge in [-0.2, -0.15) is 0 Å². The first-order chi connectivity index (χ1) is 21.3. The summed E-state index contributed by atoms with van der Waals surface area (Å²) in [6.45, 7) is 7.49. The maximum atomic E-state index is 13.6. The van der Waals surface area contributed by atoms with Crippen molar-refractivity contribution in [2.75, 3.05) is 53.2 Å². The number of nitrogen functional groups attached to an aromatic ring is 1. The fraction of sp³-hybridized carbons (Fsp3) is 0.515. The normalized spacial score (nSPS) is 21.8. The summed E-state index contributed by atoms with van der Waals surface area (Å²) >= 11 is 6.15. The van der Waals surface area contributed by atoms with Crippen molar-refractivity contribution >= 4 is 58.0 Å². The molecule has 11 nitrogen and oxygen atoms in total. The molecule has 2 aromatic rings. The predicted octanol–water partition coefficient (Wildman–Crippen LogP) is 3.99. The Morgan fingerprint density at radius 3 is 2.13 bits per heavy atom. The number of carbonyl (C=O) groups is 4. The highest BCUT2D eigenvalue weighted by atomic mass is 35.5. The molecule has 3 amide bonds. The van der Waals surface area contributed by atoms with Crippen molar-refractivity contribution in [2.45, 2.75) is 71.4 Å². The predicted molar refractivity (Wildman–Crippen MR) is 174 cm³/mol. The van der Waals surface area contributed by atoms with Gasteiger partial charge in [-0.1, -0.05) is 38.4 Å². The van der Waals surface area contributed by atoms with Crippen molar-refractivity contribution in [1.82, 2.24) is 4.90 Å². The van der Waals surface area contributed by atoms with Crippen LogP contribution in [0.2, 0.25) is 5.02 Å². The minimum absolute atomic E-state index is 0.0795. The molecule has 3 aliphatic rings. The first-order valence-corrected chi connectivity index (χ1v) is 15.9. The zero-order valence-corrected chi connectivity index (χ0v) is 26.9. The molecule has 0 spiro atoms. The third kappa shape index (κ3) is 7.43. The second-order valence-electron chi connectivity index (χ2n) is 13.3. The summed E-state index contributed by atoms with van der Waals surface area (Å²) in [6.07, 6.45) is 3.55. The van der Waals surface area contributed by atoms with Gasteiger partial charge in [0.2, 0.25) is 5.91 Å². The number of nitrogens with two attached hydrogens (primary N) is 1. The molecule has 2 aliphatic heterocycles. The van der Waals surface area contributed by atoms with Gasteiger partial charge in [-0.25, -0.2) is 0 Å². The molecule has 1 saturated carbocycles. The Kier molecular flexibility index (Phi) is 9.71. The quantitative estimate of drug-likeness (QED) is 0.201. The second-order valence-corrected chi connectivity index (χ2v) is 13.7. The summed E-state index contributed by atoms with van der Waals surface area (Å²) in [5.41, 5.74) is 7.27. The second kappa shape index (κ2) is 13.4. The minimum Gasteiger partial charge on any atom is -0.422 e. The lowest BCUT2D eigenvalue weighted by molar-refractivity contribution is -0.137. The van der Waals surface area contributed by atoms with Crippen LogP contribution in [0.15, 0.2) is 36.4 Å². The molecule has 2 aromatic carbocycles. The number of nitrogens with zero attached hydrogens (tertiary/aromatic N) is 4. The van der Waals surface area contributed by atoms with Crippen LogP contribution in [0.5, 0.6) is 5.75 Å². The summed E-state index contributed by atoms with van der Waals surface area (Å²) < 4.78 is 5.98. The zero-order valence-electron chi connectivity index (χ0n) is 26.1. The average Bonchev–Trinajstić information content (AvgIpc) is 2.99. The number of aliphatic hydroxyl groups is 1. The molecule has 0 atom stereocenters. The number of para-hydroxylation sites is 1. The molecule has 3 N–H and O–H groups in total. The molecule has 12 heteroatoms. The van der Waals surface area contributed by atoms with Crippen molar-refractivity contribution in [3.8, 4) is 5.75 Å². The molecule has 45 heavy (non-hydrogen) atoms. The van der Waals surface area contributed by atoms with Crippen molar-refractivity contribution in [1.29, 1.82) is 0 Å². The molecular weight excluding hydrogens is 598 g/mol. The van der Waals surface area contributed by atoms with Crippen LogP contribution in [-0.2, 0) is 19.2 Å². The van der Waals surface area contributed by atoms with Crippen molar-refractivity contribution in [3.05, 3.63) is 41.4 Å². The molecule has 0 bridgehead atoms. The van der Waals surface area contributed by atoms with Gasteiger partial charge in [0.25, 0.3) is 0 Å². The van der Waals surface area contributed by atoms with E-state index in [1.807, 2.05) is 20.8 Å². The van der Waals surface area contributed by atoms with Gasteiger partial charge >= 0.3 is 17.8 Å². The third-order valence-corrected chi connectivity index (χ3v) is 9.02. The van der Waals surface area contributed by atoms with E-state index in [1.54, 1.807) is 41.3 Å². The lowest BCUT2D eigenvalue weighted by Crippen LogP contribution is -2.55. The van der Waals surface area contributed by atoms with Crippen molar-refractivity contribution < 1.29 is 29.0 Å². The van der Waals surface area contributed by atoms with E-state index in [-0.39, 0.29) is 61.0 Å². The van der Waals surface area contributed by atoms with E-state index in [2.05, 4.69) is 4.90 Å². The number of esters is 1. The monoisotopic (exact) mass is 639 g/mol. The SMILES string of the molecule is CC(C)(C)CCC(=O)Oc1c(N2CCN(C3CCC(O)CC3)CC2=O)cccc1N1CCN(c2cc(Cl)ccc2N)C(=O)C1=O. The standard InChI is InChI=1S/C33H42ClN5O6/c1-33(2,3)14-13-29(42)45-30-25(37-16-15-36(20-28(37)41)22-8-10-23(40)11-9-22)5-4-6-26(30)38-17-18-39(32(44)31(38)43)27-19-21(34)7-12-24(27)35/h4-7,12,19,22-23,40H,8-11,13-18,20,35H2,1-3H3. The number of benzene rings is 2. The Hall–Kier alpha value is -3.67. The van der Waals surface area contributed by atoms with Gasteiger partial charge in [-0.15, -0.1) is 0 Å². The number of ether oxygens (including phenoxy) is 1. The number of aliphatic hydroxyl groups excluding tert-OH is 1. The molecule has 0 radical (unpaired) electrons. The summed E-state index contributed by atoms with van der Waals surface area (Å²) in [5.74, 6) is -2.18. The fourth-order valence-electron chi connectivity index (χ4n) is 6.21. The van der Waals surface area contributed by atoms with Crippen LogP contribution in [0.4, 0.5) is 22.7 Å². The number of carbonyl (C=O) groups excluding carboxylic acids is 4. The van der Waals surface area contributed by atoms with Crippen LogP contribution in [0.25, 0.3) is 0 Å². The number of hydrogen-bond donors (Lipinski definition) is 2. The van der Waals surface area contributed by atoms with E-state index in [0.29, 0.717) is 41.6 Å². The summed E-state index contributed by atoms with van der Waals surface area (Å²) in [6, 6.07) is 9.98. The lowest BCUT2D eigenvalue weighted by atomic mass is 9.91. The number of halogens is 1. The van der Waals surface area contributed by atoms with Crippen LogP contribution >= 0.6 is 11.6 Å². The number of rotatable bonds is 7. The molecule has 2 saturated heterocycles. The van der Waals surface area contributed by atoms with Crippen molar-refractivity contribution in [2.24, 2.45) is 5.41 Å². The Balaban J connectivity index is 1.43. The van der Waals surface area contributed by atoms with Crippen LogP contribution in [-0.4, -0.2) is 78.6 Å². The van der Waals surface area contributed by atoms with Crippen LogP contribution in [0.1, 0.15) is 59.3 Å². The van der Waals surface area contributed by atoms with E-state index in [1.165, 1.54) is 9.80 Å². The third-order valence-electron chi connectivity index (χ3n) is 8.79. The largest absolute Gasteiger partial charge is 0.422 e. The Labute approximate surface area is 268 Å². The topological polar surface area (TPSA) is 137 Å². The Morgan fingerprint density at radius 2 is 1.51 bits per heavy atom. The van der Waals surface area contributed by atoms with Gasteiger partial charge in [0.05, 0.1) is 35.4 Å². The van der Waals surface area contributed by atoms with Gasteiger partial charge < -0.3 is 25.4 Å².